The van der Waals surface area contributed by atoms with E-state index in [9.17, 15) is 0 Å². The minimum Gasteiger partial charge on any atom is -0.313 e. The molecule has 2 rings (SSSR count). The fourth-order valence-corrected chi connectivity index (χ4v) is 2.94. The number of halogens is 2. The maximum absolute atomic E-state index is 5.87. The van der Waals surface area contributed by atoms with Crippen molar-refractivity contribution in [2.24, 2.45) is 0 Å². The average molecular weight is 280 g/mol. The zero-order valence-electron chi connectivity index (χ0n) is 9.07. The summed E-state index contributed by atoms with van der Waals surface area (Å²) in [5.74, 6) is 1.03. The Balaban J connectivity index is 0.00000128. The van der Waals surface area contributed by atoms with E-state index in [4.69, 9.17) is 11.6 Å². The van der Waals surface area contributed by atoms with Gasteiger partial charge >= 0.3 is 0 Å². The van der Waals surface area contributed by atoms with Gasteiger partial charge in [-0.15, -0.1) is 12.4 Å². The van der Waals surface area contributed by atoms with Crippen molar-refractivity contribution in [3.8, 4) is 0 Å². The third-order valence-corrected chi connectivity index (χ3v) is 3.58. The van der Waals surface area contributed by atoms with Crippen LogP contribution in [0.25, 0.3) is 0 Å². The van der Waals surface area contributed by atoms with Crippen molar-refractivity contribution in [2.45, 2.75) is 31.0 Å². The first-order valence-corrected chi connectivity index (χ1v) is 6.48. The number of nitrogens with one attached hydrogen (secondary N) is 1. The molecule has 1 aromatic heterocycles. The van der Waals surface area contributed by atoms with E-state index in [2.05, 4.69) is 15.3 Å². The molecule has 3 nitrogen and oxygen atoms in total. The number of nitrogens with zero attached hydrogens (tertiary/aromatic N) is 2. The molecule has 1 saturated heterocycles. The normalized spacial score (nSPS) is 19.5. The van der Waals surface area contributed by atoms with Crippen LogP contribution in [-0.4, -0.2) is 28.3 Å². The Morgan fingerprint density at radius 3 is 3.00 bits per heavy atom. The van der Waals surface area contributed by atoms with Gasteiger partial charge in [-0.3, -0.25) is 0 Å². The third-order valence-electron chi connectivity index (χ3n) is 2.38. The first-order chi connectivity index (χ1) is 7.24. The molecule has 0 bridgehead atoms. The summed E-state index contributed by atoms with van der Waals surface area (Å²) in [4.78, 5) is 8.52. The molecule has 1 N–H and O–H groups in total. The monoisotopic (exact) mass is 279 g/mol. The van der Waals surface area contributed by atoms with Crippen LogP contribution in [0.4, 0.5) is 0 Å². The van der Waals surface area contributed by atoms with Crippen LogP contribution in [0.3, 0.4) is 0 Å². The van der Waals surface area contributed by atoms with Crippen LogP contribution in [0.2, 0.25) is 5.15 Å². The molecule has 1 atom stereocenters. The molecule has 90 valence electrons. The van der Waals surface area contributed by atoms with Crippen molar-refractivity contribution in [3.63, 3.8) is 0 Å². The lowest BCUT2D eigenvalue weighted by molar-refractivity contribution is 0.673. The first kappa shape index (κ1) is 14.0. The average Bonchev–Trinajstić information content (AvgIpc) is 2.65. The molecule has 0 aliphatic carbocycles. The van der Waals surface area contributed by atoms with Crippen LogP contribution in [-0.2, 0) is 0 Å². The summed E-state index contributed by atoms with van der Waals surface area (Å²) in [6, 6.07) is 2.39. The molecule has 1 aliphatic rings. The lowest BCUT2D eigenvalue weighted by Gasteiger charge is -2.08. The molecule has 1 aromatic rings. The van der Waals surface area contributed by atoms with Gasteiger partial charge in [0.2, 0.25) is 0 Å². The maximum Gasteiger partial charge on any atom is 0.189 e. The third kappa shape index (κ3) is 4.09. The summed E-state index contributed by atoms with van der Waals surface area (Å²) in [6.07, 6.45) is 2.53. The van der Waals surface area contributed by atoms with Crippen molar-refractivity contribution >= 4 is 35.8 Å². The summed E-state index contributed by atoms with van der Waals surface area (Å²) in [6.45, 7) is 3.08. The number of aromatic nitrogens is 2. The van der Waals surface area contributed by atoms with Gasteiger partial charge in [0.05, 0.1) is 0 Å². The standard InChI is InChI=1S/C10H14ClN3S.ClH/c1-7-5-9(11)14-10(13-7)15-6-8-3-2-4-12-8;/h5,8,12H,2-4,6H2,1H3;1H. The SMILES string of the molecule is Cc1cc(Cl)nc(SCC2CCCN2)n1.Cl. The predicted molar refractivity (Wildman–Crippen MR) is 70.8 cm³/mol. The molecule has 1 unspecified atom stereocenters. The Morgan fingerprint density at radius 1 is 1.56 bits per heavy atom. The highest BCUT2D eigenvalue weighted by atomic mass is 35.5. The largest absolute Gasteiger partial charge is 0.313 e. The second kappa shape index (κ2) is 6.64. The van der Waals surface area contributed by atoms with E-state index in [1.807, 2.05) is 6.92 Å². The Bertz CT molecular complexity index is 323. The summed E-state index contributed by atoms with van der Waals surface area (Å²) in [5.41, 5.74) is 0.928. The van der Waals surface area contributed by atoms with E-state index < -0.39 is 0 Å². The fourth-order valence-electron chi connectivity index (χ4n) is 1.64. The van der Waals surface area contributed by atoms with Gasteiger partial charge in [0.25, 0.3) is 0 Å². The zero-order chi connectivity index (χ0) is 10.7. The quantitative estimate of drug-likeness (QED) is 0.525. The topological polar surface area (TPSA) is 37.8 Å². The van der Waals surface area contributed by atoms with Gasteiger partial charge in [-0.25, -0.2) is 9.97 Å². The van der Waals surface area contributed by atoms with Crippen molar-refractivity contribution in [1.82, 2.24) is 15.3 Å². The molecule has 1 aliphatic heterocycles. The lowest BCUT2D eigenvalue weighted by Crippen LogP contribution is -2.23. The fraction of sp³-hybridized carbons (Fsp3) is 0.600. The highest BCUT2D eigenvalue weighted by molar-refractivity contribution is 7.99. The number of hydrogen-bond donors (Lipinski definition) is 1. The Hall–Kier alpha value is -0.0300. The van der Waals surface area contributed by atoms with E-state index in [0.717, 1.165) is 23.1 Å². The Labute approximate surface area is 111 Å². The van der Waals surface area contributed by atoms with Gasteiger partial charge in [0.1, 0.15) is 5.15 Å². The van der Waals surface area contributed by atoms with Crippen molar-refractivity contribution < 1.29 is 0 Å². The van der Waals surface area contributed by atoms with Gasteiger partial charge in [-0.2, -0.15) is 0 Å². The minimum atomic E-state index is 0. The van der Waals surface area contributed by atoms with Crippen LogP contribution in [0.1, 0.15) is 18.5 Å². The van der Waals surface area contributed by atoms with Crippen LogP contribution < -0.4 is 5.32 Å². The minimum absolute atomic E-state index is 0. The van der Waals surface area contributed by atoms with E-state index in [0.29, 0.717) is 11.2 Å². The smallest absolute Gasteiger partial charge is 0.189 e. The predicted octanol–water partition coefficient (Wildman–Crippen LogP) is 2.70. The molecule has 6 heteroatoms. The molecule has 0 spiro atoms. The number of hydrogen-bond acceptors (Lipinski definition) is 4. The van der Waals surface area contributed by atoms with Crippen LogP contribution in [0, 0.1) is 6.92 Å². The zero-order valence-corrected chi connectivity index (χ0v) is 11.5. The molecular formula is C10H15Cl2N3S. The first-order valence-electron chi connectivity index (χ1n) is 5.11. The lowest BCUT2D eigenvalue weighted by atomic mass is 10.3. The summed E-state index contributed by atoms with van der Waals surface area (Å²) < 4.78 is 0. The molecule has 16 heavy (non-hydrogen) atoms. The van der Waals surface area contributed by atoms with Gasteiger partial charge in [-0.05, 0) is 32.4 Å². The molecule has 0 saturated carbocycles. The number of rotatable bonds is 3. The highest BCUT2D eigenvalue weighted by Gasteiger charge is 2.14. The van der Waals surface area contributed by atoms with E-state index >= 15 is 0 Å². The van der Waals surface area contributed by atoms with Crippen LogP contribution >= 0.6 is 35.8 Å². The van der Waals surface area contributed by atoms with Gasteiger partial charge in [-0.1, -0.05) is 23.4 Å². The Kier molecular flexibility index (Phi) is 5.83. The highest BCUT2D eigenvalue weighted by Crippen LogP contribution is 2.19. The van der Waals surface area contributed by atoms with Crippen molar-refractivity contribution in [2.75, 3.05) is 12.3 Å². The van der Waals surface area contributed by atoms with Gasteiger partial charge < -0.3 is 5.32 Å². The van der Waals surface area contributed by atoms with Crippen LogP contribution in [0.15, 0.2) is 11.2 Å². The maximum atomic E-state index is 5.87. The summed E-state index contributed by atoms with van der Waals surface area (Å²) in [7, 11) is 0. The van der Waals surface area contributed by atoms with E-state index in [1.165, 1.54) is 12.8 Å². The summed E-state index contributed by atoms with van der Waals surface area (Å²) in [5, 5.41) is 4.76. The van der Waals surface area contributed by atoms with Gasteiger partial charge in [0.15, 0.2) is 5.16 Å². The number of thioether (sulfide) groups is 1. The summed E-state index contributed by atoms with van der Waals surface area (Å²) >= 11 is 7.54. The molecule has 0 aromatic carbocycles. The van der Waals surface area contributed by atoms with Crippen molar-refractivity contribution in [1.29, 1.82) is 0 Å². The molecule has 0 amide bonds. The molecule has 2 heterocycles. The van der Waals surface area contributed by atoms with E-state index in [1.54, 1.807) is 17.8 Å². The van der Waals surface area contributed by atoms with E-state index in [-0.39, 0.29) is 12.4 Å². The van der Waals surface area contributed by atoms with Gasteiger partial charge in [0, 0.05) is 17.5 Å². The molecule has 1 fully saturated rings. The second-order valence-corrected chi connectivity index (χ2v) is 5.09. The molecular weight excluding hydrogens is 265 g/mol. The van der Waals surface area contributed by atoms with Crippen molar-refractivity contribution in [3.05, 3.63) is 16.9 Å². The van der Waals surface area contributed by atoms with Crippen LogP contribution in [0.5, 0.6) is 0 Å². The Morgan fingerprint density at radius 2 is 2.38 bits per heavy atom. The number of aryl methyl sites for hydroxylation is 1. The second-order valence-electron chi connectivity index (χ2n) is 3.72. The molecule has 0 radical (unpaired) electrons.